The van der Waals surface area contributed by atoms with E-state index in [0.29, 0.717) is 6.92 Å². The second-order valence-corrected chi connectivity index (χ2v) is 3.65. The Bertz CT molecular complexity index is 340. The molecule has 0 rings (SSSR count). The molecular formula is C8H6F12O. The van der Waals surface area contributed by atoms with Crippen molar-refractivity contribution in [3.05, 3.63) is 0 Å². The SMILES string of the molecule is CCOC(F)(C(F)C(F)(C(F)(F)F)C(F)(F)F)C(F)(F)F. The third-order valence-corrected chi connectivity index (χ3v) is 2.24. The minimum absolute atomic E-state index is 0.522. The first-order valence-electron chi connectivity index (χ1n) is 4.82. The van der Waals surface area contributed by atoms with Gasteiger partial charge in [-0.15, -0.1) is 0 Å². The van der Waals surface area contributed by atoms with Crippen molar-refractivity contribution >= 4 is 0 Å². The van der Waals surface area contributed by atoms with Gasteiger partial charge in [-0.05, 0) is 6.92 Å². The van der Waals surface area contributed by atoms with Crippen LogP contribution in [0.2, 0.25) is 0 Å². The summed E-state index contributed by atoms with van der Waals surface area (Å²) < 4.78 is 152. The zero-order chi connectivity index (χ0) is 17.5. The van der Waals surface area contributed by atoms with Crippen LogP contribution in [-0.2, 0) is 4.74 Å². The van der Waals surface area contributed by atoms with E-state index in [1.54, 1.807) is 0 Å². The lowest BCUT2D eigenvalue weighted by Gasteiger charge is -2.39. The van der Waals surface area contributed by atoms with E-state index in [0.717, 1.165) is 0 Å². The summed E-state index contributed by atoms with van der Waals surface area (Å²) in [5.74, 6) is -6.14. The lowest BCUT2D eigenvalue weighted by atomic mass is 9.92. The first kappa shape index (κ1) is 20.1. The van der Waals surface area contributed by atoms with Crippen LogP contribution in [0.1, 0.15) is 6.92 Å². The monoisotopic (exact) mass is 346 g/mol. The standard InChI is InChI=1S/C8H6F12O/c1-2-21-5(11,8(18,19)20)3(9)4(10,6(12,13)14)7(15,16)17/h3H,2H2,1H3. The van der Waals surface area contributed by atoms with Crippen molar-refractivity contribution in [2.75, 3.05) is 6.61 Å². The molecule has 0 fully saturated rings. The Labute approximate surface area is 108 Å². The number of rotatable bonds is 4. The summed E-state index contributed by atoms with van der Waals surface area (Å²) in [6.07, 6.45) is -26.9. The molecule has 1 nitrogen and oxygen atoms in total. The maximum absolute atomic E-state index is 13.3. The lowest BCUT2D eigenvalue weighted by Crippen LogP contribution is -2.68. The molecule has 2 unspecified atom stereocenters. The normalized spacial score (nSPS) is 19.3. The van der Waals surface area contributed by atoms with E-state index in [4.69, 9.17) is 0 Å². The first-order chi connectivity index (χ1) is 8.97. The number of ether oxygens (including phenoxy) is 1. The predicted octanol–water partition coefficient (Wildman–Crippen LogP) is 4.42. The Morgan fingerprint density at radius 1 is 0.714 bits per heavy atom. The molecule has 2 atom stereocenters. The van der Waals surface area contributed by atoms with Crippen LogP contribution in [-0.4, -0.2) is 42.8 Å². The molecule has 0 aromatic heterocycles. The molecule has 0 spiro atoms. The van der Waals surface area contributed by atoms with Crippen LogP contribution in [0.25, 0.3) is 0 Å². The lowest BCUT2D eigenvalue weighted by molar-refractivity contribution is -0.419. The average molecular weight is 346 g/mol. The van der Waals surface area contributed by atoms with Crippen molar-refractivity contribution in [3.8, 4) is 0 Å². The molecule has 21 heavy (non-hydrogen) atoms. The van der Waals surface area contributed by atoms with E-state index >= 15 is 0 Å². The topological polar surface area (TPSA) is 9.23 Å². The molecule has 0 aromatic rings. The minimum Gasteiger partial charge on any atom is -0.337 e. The minimum atomic E-state index is -7.20. The molecule has 0 aliphatic carbocycles. The predicted molar refractivity (Wildman–Crippen MR) is 42.4 cm³/mol. The van der Waals surface area contributed by atoms with Gasteiger partial charge in [0.2, 0.25) is 6.17 Å². The smallest absolute Gasteiger partial charge is 0.337 e. The zero-order valence-corrected chi connectivity index (χ0v) is 9.73. The van der Waals surface area contributed by atoms with Gasteiger partial charge in [0.1, 0.15) is 0 Å². The van der Waals surface area contributed by atoms with E-state index in [-0.39, 0.29) is 0 Å². The summed E-state index contributed by atoms with van der Waals surface area (Å²) >= 11 is 0. The molecule has 13 heteroatoms. The Kier molecular flexibility index (Phi) is 5.17. The number of hydrogen-bond donors (Lipinski definition) is 0. The van der Waals surface area contributed by atoms with Gasteiger partial charge in [-0.25, -0.2) is 8.78 Å². The van der Waals surface area contributed by atoms with Crippen LogP contribution in [0.5, 0.6) is 0 Å². The molecule has 0 N–H and O–H groups in total. The zero-order valence-electron chi connectivity index (χ0n) is 9.73. The Morgan fingerprint density at radius 3 is 1.24 bits per heavy atom. The van der Waals surface area contributed by atoms with Gasteiger partial charge >= 0.3 is 30.1 Å². The van der Waals surface area contributed by atoms with Crippen molar-refractivity contribution in [3.63, 3.8) is 0 Å². The maximum Gasteiger partial charge on any atom is 0.451 e. The van der Waals surface area contributed by atoms with Crippen LogP contribution in [0.3, 0.4) is 0 Å². The third-order valence-electron chi connectivity index (χ3n) is 2.24. The van der Waals surface area contributed by atoms with Gasteiger partial charge in [0.25, 0.3) is 0 Å². The number of halogens is 12. The number of alkyl halides is 12. The average Bonchev–Trinajstić information content (AvgIpc) is 2.22. The van der Waals surface area contributed by atoms with Gasteiger partial charge in [-0.3, -0.25) is 0 Å². The van der Waals surface area contributed by atoms with Crippen molar-refractivity contribution in [1.29, 1.82) is 0 Å². The van der Waals surface area contributed by atoms with E-state index in [1.165, 1.54) is 0 Å². The molecule has 128 valence electrons. The van der Waals surface area contributed by atoms with E-state index in [1.807, 2.05) is 0 Å². The fourth-order valence-electron chi connectivity index (χ4n) is 1.21. The molecule has 0 heterocycles. The van der Waals surface area contributed by atoms with Crippen LogP contribution >= 0.6 is 0 Å². The maximum atomic E-state index is 13.3. The Hall–Kier alpha value is -0.880. The van der Waals surface area contributed by atoms with Gasteiger partial charge in [-0.2, -0.15) is 43.9 Å². The molecule has 0 aromatic carbocycles. The highest BCUT2D eigenvalue weighted by Crippen LogP contribution is 2.55. The fourth-order valence-corrected chi connectivity index (χ4v) is 1.21. The third kappa shape index (κ3) is 3.16. The van der Waals surface area contributed by atoms with Crippen LogP contribution in [0.15, 0.2) is 0 Å². The Morgan fingerprint density at radius 2 is 1.05 bits per heavy atom. The summed E-state index contributed by atoms with van der Waals surface area (Å²) in [6, 6.07) is 0. The molecule has 0 bridgehead atoms. The second-order valence-electron chi connectivity index (χ2n) is 3.65. The van der Waals surface area contributed by atoms with Gasteiger partial charge in [-0.1, -0.05) is 0 Å². The van der Waals surface area contributed by atoms with Gasteiger partial charge in [0.15, 0.2) is 0 Å². The number of hydrogen-bond acceptors (Lipinski definition) is 1. The quantitative estimate of drug-likeness (QED) is 0.685. The van der Waals surface area contributed by atoms with Crippen molar-refractivity contribution < 1.29 is 57.4 Å². The van der Waals surface area contributed by atoms with Gasteiger partial charge in [0, 0.05) is 6.61 Å². The molecule has 0 aliphatic rings. The Balaban J connectivity index is 6.18. The first-order valence-corrected chi connectivity index (χ1v) is 4.82. The summed E-state index contributed by atoms with van der Waals surface area (Å²) in [6.45, 7) is -0.948. The fraction of sp³-hybridized carbons (Fsp3) is 1.00. The van der Waals surface area contributed by atoms with Gasteiger partial charge in [0.05, 0.1) is 0 Å². The van der Waals surface area contributed by atoms with Crippen molar-refractivity contribution in [1.82, 2.24) is 0 Å². The van der Waals surface area contributed by atoms with Gasteiger partial charge < -0.3 is 4.74 Å². The largest absolute Gasteiger partial charge is 0.451 e. The molecule has 0 radical (unpaired) electrons. The highest BCUT2D eigenvalue weighted by molar-refractivity contribution is 5.08. The molecular weight excluding hydrogens is 340 g/mol. The highest BCUT2D eigenvalue weighted by atomic mass is 19.4. The van der Waals surface area contributed by atoms with Crippen molar-refractivity contribution in [2.45, 2.75) is 43.1 Å². The van der Waals surface area contributed by atoms with E-state index in [9.17, 15) is 52.7 Å². The van der Waals surface area contributed by atoms with Crippen molar-refractivity contribution in [2.24, 2.45) is 0 Å². The molecule has 0 aliphatic heterocycles. The highest BCUT2D eigenvalue weighted by Gasteiger charge is 2.84. The summed E-state index contributed by atoms with van der Waals surface area (Å²) in [7, 11) is 0. The van der Waals surface area contributed by atoms with Crippen LogP contribution in [0, 0.1) is 0 Å². The second kappa shape index (κ2) is 5.39. The summed E-state index contributed by atoms with van der Waals surface area (Å²) in [4.78, 5) is 0. The molecule has 0 saturated carbocycles. The van der Waals surface area contributed by atoms with E-state index in [2.05, 4.69) is 4.74 Å². The van der Waals surface area contributed by atoms with Crippen LogP contribution < -0.4 is 0 Å². The summed E-state index contributed by atoms with van der Waals surface area (Å²) in [5.41, 5.74) is -7.11. The summed E-state index contributed by atoms with van der Waals surface area (Å²) in [5, 5.41) is 0. The molecule has 0 amide bonds. The van der Waals surface area contributed by atoms with Crippen LogP contribution in [0.4, 0.5) is 52.7 Å². The van der Waals surface area contributed by atoms with E-state index < -0.39 is 42.8 Å². The molecule has 0 saturated heterocycles.